The molecule has 2 aromatic rings. The van der Waals surface area contributed by atoms with E-state index in [1.807, 2.05) is 31.2 Å². The maximum Gasteiger partial charge on any atom is 0.269 e. The zero-order chi connectivity index (χ0) is 21.9. The summed E-state index contributed by atoms with van der Waals surface area (Å²) in [6.45, 7) is 7.31. The van der Waals surface area contributed by atoms with Crippen molar-refractivity contribution in [3.63, 3.8) is 0 Å². The van der Waals surface area contributed by atoms with Gasteiger partial charge in [-0.05, 0) is 55.2 Å². The van der Waals surface area contributed by atoms with Gasteiger partial charge in [-0.15, -0.1) is 0 Å². The van der Waals surface area contributed by atoms with E-state index in [4.69, 9.17) is 14.2 Å². The van der Waals surface area contributed by atoms with Crippen LogP contribution in [0, 0.1) is 5.92 Å². The highest BCUT2D eigenvalue weighted by atomic mass is 16.5. The molecule has 30 heavy (non-hydrogen) atoms. The summed E-state index contributed by atoms with van der Waals surface area (Å²) in [6, 6.07) is 12.1. The number of amides is 2. The van der Waals surface area contributed by atoms with Crippen molar-refractivity contribution in [1.29, 1.82) is 0 Å². The van der Waals surface area contributed by atoms with E-state index >= 15 is 0 Å². The molecule has 0 aromatic heterocycles. The molecule has 0 fully saturated rings. The van der Waals surface area contributed by atoms with Gasteiger partial charge >= 0.3 is 0 Å². The molecule has 0 bridgehead atoms. The zero-order valence-electron chi connectivity index (χ0n) is 18.0. The number of hydrogen-bond acceptors (Lipinski definition) is 5. The Labute approximate surface area is 177 Å². The first-order valence-electron chi connectivity index (χ1n) is 10.0. The van der Waals surface area contributed by atoms with Gasteiger partial charge in [-0.3, -0.25) is 20.4 Å². The van der Waals surface area contributed by atoms with E-state index in [0.29, 0.717) is 36.2 Å². The maximum atomic E-state index is 12.4. The number of benzene rings is 2. The van der Waals surface area contributed by atoms with E-state index in [9.17, 15) is 9.59 Å². The van der Waals surface area contributed by atoms with Gasteiger partial charge in [-0.25, -0.2) is 0 Å². The van der Waals surface area contributed by atoms with Crippen LogP contribution in [0.25, 0.3) is 0 Å². The van der Waals surface area contributed by atoms with Gasteiger partial charge in [-0.2, -0.15) is 0 Å². The number of rotatable bonds is 10. The molecule has 2 N–H and O–H groups in total. The summed E-state index contributed by atoms with van der Waals surface area (Å²) in [5, 5.41) is 0. The van der Waals surface area contributed by atoms with Crippen LogP contribution >= 0.6 is 0 Å². The number of ether oxygens (including phenoxy) is 3. The van der Waals surface area contributed by atoms with E-state index in [0.717, 1.165) is 17.7 Å². The van der Waals surface area contributed by atoms with Gasteiger partial charge in [0.25, 0.3) is 5.91 Å². The molecule has 7 heteroatoms. The second-order valence-corrected chi connectivity index (χ2v) is 7.15. The first-order chi connectivity index (χ1) is 14.4. The summed E-state index contributed by atoms with van der Waals surface area (Å²) in [5.74, 6) is 1.56. The van der Waals surface area contributed by atoms with Crippen molar-refractivity contribution >= 4 is 11.8 Å². The number of methoxy groups -OCH3 is 1. The molecule has 0 saturated carbocycles. The predicted molar refractivity (Wildman–Crippen MR) is 115 cm³/mol. The second-order valence-electron chi connectivity index (χ2n) is 7.15. The van der Waals surface area contributed by atoms with Gasteiger partial charge in [0.05, 0.1) is 26.7 Å². The van der Waals surface area contributed by atoms with Crippen LogP contribution in [0.4, 0.5) is 0 Å². The SMILES string of the molecule is CCOc1ccc(CC(=O)NNC(=O)c2ccc(OCCC(C)C)c(OC)c2)cc1. The molecule has 2 rings (SSSR count). The van der Waals surface area contributed by atoms with Gasteiger partial charge in [0.15, 0.2) is 11.5 Å². The van der Waals surface area contributed by atoms with Crippen molar-refractivity contribution in [2.45, 2.75) is 33.6 Å². The molecule has 0 atom stereocenters. The van der Waals surface area contributed by atoms with Crippen molar-refractivity contribution in [1.82, 2.24) is 10.9 Å². The van der Waals surface area contributed by atoms with Crippen LogP contribution in [-0.2, 0) is 11.2 Å². The Morgan fingerprint density at radius 3 is 2.33 bits per heavy atom. The standard InChI is InChI=1S/C23H30N2O5/c1-5-29-19-9-6-17(7-10-19)14-22(26)24-25-23(27)18-8-11-20(21(15-18)28-4)30-13-12-16(2)3/h6-11,15-16H,5,12-14H2,1-4H3,(H,24,26)(H,25,27). The van der Waals surface area contributed by atoms with Crippen LogP contribution in [0.2, 0.25) is 0 Å². The molecule has 7 nitrogen and oxygen atoms in total. The number of hydrazine groups is 1. The van der Waals surface area contributed by atoms with E-state index < -0.39 is 5.91 Å². The number of hydrogen-bond donors (Lipinski definition) is 2. The lowest BCUT2D eigenvalue weighted by atomic mass is 10.1. The molecular formula is C23H30N2O5. The van der Waals surface area contributed by atoms with Gasteiger partial charge in [-0.1, -0.05) is 26.0 Å². The van der Waals surface area contributed by atoms with Crippen LogP contribution in [0.5, 0.6) is 17.2 Å². The molecule has 0 unspecified atom stereocenters. The second kappa shape index (κ2) is 11.7. The molecule has 2 aromatic carbocycles. The minimum Gasteiger partial charge on any atom is -0.494 e. The normalized spacial score (nSPS) is 10.4. The van der Waals surface area contributed by atoms with Crippen LogP contribution in [0.1, 0.15) is 43.1 Å². The lowest BCUT2D eigenvalue weighted by molar-refractivity contribution is -0.121. The van der Waals surface area contributed by atoms with Crippen molar-refractivity contribution < 1.29 is 23.8 Å². The molecular weight excluding hydrogens is 384 g/mol. The number of nitrogens with one attached hydrogen (secondary N) is 2. The Kier molecular flexibility index (Phi) is 9.00. The zero-order valence-corrected chi connectivity index (χ0v) is 18.0. The third-order valence-corrected chi connectivity index (χ3v) is 4.29. The minimum absolute atomic E-state index is 0.138. The minimum atomic E-state index is -0.443. The highest BCUT2D eigenvalue weighted by Crippen LogP contribution is 2.28. The van der Waals surface area contributed by atoms with E-state index in [1.165, 1.54) is 7.11 Å². The first kappa shape index (κ1) is 23.1. The molecule has 0 spiro atoms. The van der Waals surface area contributed by atoms with E-state index in [-0.39, 0.29) is 12.3 Å². The summed E-state index contributed by atoms with van der Waals surface area (Å²) in [5.41, 5.74) is 6.01. The molecule has 2 amide bonds. The van der Waals surface area contributed by atoms with Gasteiger partial charge < -0.3 is 14.2 Å². The van der Waals surface area contributed by atoms with Crippen LogP contribution in [0.3, 0.4) is 0 Å². The Morgan fingerprint density at radius 1 is 0.967 bits per heavy atom. The lowest BCUT2D eigenvalue weighted by Gasteiger charge is -2.13. The average molecular weight is 415 g/mol. The molecule has 0 saturated heterocycles. The highest BCUT2D eigenvalue weighted by molar-refractivity contribution is 5.96. The van der Waals surface area contributed by atoms with Gasteiger partial charge in [0.1, 0.15) is 5.75 Å². The van der Waals surface area contributed by atoms with Crippen molar-refractivity contribution in [3.05, 3.63) is 53.6 Å². The van der Waals surface area contributed by atoms with Crippen LogP contribution in [0.15, 0.2) is 42.5 Å². The van der Waals surface area contributed by atoms with E-state index in [1.54, 1.807) is 18.2 Å². The maximum absolute atomic E-state index is 12.4. The van der Waals surface area contributed by atoms with Crippen LogP contribution < -0.4 is 25.1 Å². The Balaban J connectivity index is 1.88. The van der Waals surface area contributed by atoms with Gasteiger partial charge in [0.2, 0.25) is 5.91 Å². The van der Waals surface area contributed by atoms with Crippen molar-refractivity contribution in [3.8, 4) is 17.2 Å². The lowest BCUT2D eigenvalue weighted by Crippen LogP contribution is -2.42. The third kappa shape index (κ3) is 7.31. The Morgan fingerprint density at radius 2 is 1.70 bits per heavy atom. The third-order valence-electron chi connectivity index (χ3n) is 4.29. The number of carbonyl (C=O) groups is 2. The molecule has 0 aliphatic heterocycles. The summed E-state index contributed by atoms with van der Waals surface area (Å²) in [7, 11) is 1.52. The summed E-state index contributed by atoms with van der Waals surface area (Å²) in [6.07, 6.45) is 1.06. The van der Waals surface area contributed by atoms with Crippen LogP contribution in [-0.4, -0.2) is 32.1 Å². The highest BCUT2D eigenvalue weighted by Gasteiger charge is 2.13. The first-order valence-corrected chi connectivity index (χ1v) is 10.0. The monoisotopic (exact) mass is 414 g/mol. The molecule has 0 aliphatic rings. The smallest absolute Gasteiger partial charge is 0.269 e. The molecule has 0 aliphatic carbocycles. The summed E-state index contributed by atoms with van der Waals surface area (Å²) < 4.78 is 16.4. The quantitative estimate of drug-likeness (QED) is 0.581. The Hall–Kier alpha value is -3.22. The van der Waals surface area contributed by atoms with Crippen molar-refractivity contribution in [2.24, 2.45) is 5.92 Å². The molecule has 0 radical (unpaired) electrons. The topological polar surface area (TPSA) is 85.9 Å². The average Bonchev–Trinajstić information content (AvgIpc) is 2.73. The van der Waals surface area contributed by atoms with Gasteiger partial charge in [0, 0.05) is 5.56 Å². The summed E-state index contributed by atoms with van der Waals surface area (Å²) >= 11 is 0. The van der Waals surface area contributed by atoms with Crippen molar-refractivity contribution in [2.75, 3.05) is 20.3 Å². The molecule has 0 heterocycles. The fourth-order valence-electron chi connectivity index (χ4n) is 2.63. The fraction of sp³-hybridized carbons (Fsp3) is 0.391. The summed E-state index contributed by atoms with van der Waals surface area (Å²) in [4.78, 5) is 24.5. The fourth-order valence-corrected chi connectivity index (χ4v) is 2.63. The molecule has 162 valence electrons. The van der Waals surface area contributed by atoms with E-state index in [2.05, 4.69) is 24.7 Å². The number of carbonyl (C=O) groups excluding carboxylic acids is 2. The Bertz CT molecular complexity index is 834. The largest absolute Gasteiger partial charge is 0.494 e. The predicted octanol–water partition coefficient (Wildman–Crippen LogP) is 3.52.